The van der Waals surface area contributed by atoms with Crippen LogP contribution in [-0.2, 0) is 0 Å². The molecule has 0 aliphatic carbocycles. The van der Waals surface area contributed by atoms with Crippen LogP contribution < -0.4 is 5.32 Å². The summed E-state index contributed by atoms with van der Waals surface area (Å²) in [5.74, 6) is 0.998. The zero-order chi connectivity index (χ0) is 13.1. The van der Waals surface area contributed by atoms with Gasteiger partial charge in [0.2, 0.25) is 0 Å². The summed E-state index contributed by atoms with van der Waals surface area (Å²) in [6, 6.07) is 0. The first-order chi connectivity index (χ1) is 8.21. The smallest absolute Gasteiger partial charge is 0.145 e. The van der Waals surface area contributed by atoms with Crippen molar-refractivity contribution in [1.82, 2.24) is 10.2 Å². The summed E-state index contributed by atoms with van der Waals surface area (Å²) >= 11 is 0. The SMILES string of the molecule is CCCCCCN(C)C(=NC)C(CNC)=NC. The Labute approximate surface area is 106 Å². The summed E-state index contributed by atoms with van der Waals surface area (Å²) in [4.78, 5) is 10.8. The molecule has 0 heterocycles. The van der Waals surface area contributed by atoms with Gasteiger partial charge in [0.15, 0.2) is 0 Å². The molecule has 0 aliphatic heterocycles. The van der Waals surface area contributed by atoms with Crippen LogP contribution in [0.15, 0.2) is 9.98 Å². The third kappa shape index (κ3) is 6.41. The molecular formula is C13H28N4. The fourth-order valence-corrected chi connectivity index (χ4v) is 1.83. The molecule has 0 bridgehead atoms. The van der Waals surface area contributed by atoms with E-state index in [1.165, 1.54) is 25.7 Å². The van der Waals surface area contributed by atoms with E-state index in [0.29, 0.717) is 0 Å². The molecule has 100 valence electrons. The summed E-state index contributed by atoms with van der Waals surface area (Å²) in [5, 5.41) is 3.13. The van der Waals surface area contributed by atoms with E-state index in [9.17, 15) is 0 Å². The molecule has 4 nitrogen and oxygen atoms in total. The van der Waals surface area contributed by atoms with Gasteiger partial charge in [0.1, 0.15) is 5.84 Å². The molecule has 1 N–H and O–H groups in total. The highest BCUT2D eigenvalue weighted by Gasteiger charge is 2.11. The lowest BCUT2D eigenvalue weighted by Crippen LogP contribution is -2.38. The largest absolute Gasteiger partial charge is 0.358 e. The molecule has 0 amide bonds. The second-order valence-electron chi connectivity index (χ2n) is 4.23. The zero-order valence-corrected chi connectivity index (χ0v) is 12.1. The fraction of sp³-hybridized carbons (Fsp3) is 0.846. The summed E-state index contributed by atoms with van der Waals surface area (Å²) in [6.45, 7) is 4.05. The molecule has 0 saturated heterocycles. The Kier molecular flexibility index (Phi) is 9.72. The van der Waals surface area contributed by atoms with Crippen LogP contribution in [0.25, 0.3) is 0 Å². The van der Waals surface area contributed by atoms with Crippen molar-refractivity contribution in [3.8, 4) is 0 Å². The van der Waals surface area contributed by atoms with Crippen LogP contribution in [0.5, 0.6) is 0 Å². The van der Waals surface area contributed by atoms with Gasteiger partial charge < -0.3 is 10.2 Å². The molecule has 0 radical (unpaired) electrons. The second kappa shape index (κ2) is 10.3. The Morgan fingerprint density at radius 2 is 1.82 bits per heavy atom. The van der Waals surface area contributed by atoms with Crippen LogP contribution >= 0.6 is 0 Å². The van der Waals surface area contributed by atoms with Crippen LogP contribution in [0.4, 0.5) is 0 Å². The fourth-order valence-electron chi connectivity index (χ4n) is 1.83. The molecule has 0 aromatic heterocycles. The number of nitrogens with zero attached hydrogens (tertiary/aromatic N) is 3. The molecule has 0 saturated carbocycles. The van der Waals surface area contributed by atoms with Crippen molar-refractivity contribution in [3.63, 3.8) is 0 Å². The minimum atomic E-state index is 0.766. The van der Waals surface area contributed by atoms with E-state index in [2.05, 4.69) is 34.2 Å². The van der Waals surface area contributed by atoms with E-state index in [0.717, 1.165) is 24.6 Å². The quantitative estimate of drug-likeness (QED) is 0.399. The Morgan fingerprint density at radius 3 is 2.29 bits per heavy atom. The van der Waals surface area contributed by atoms with Gasteiger partial charge in [0.05, 0.1) is 5.71 Å². The van der Waals surface area contributed by atoms with E-state index < -0.39 is 0 Å². The van der Waals surface area contributed by atoms with Gasteiger partial charge in [0, 0.05) is 34.2 Å². The van der Waals surface area contributed by atoms with Crippen LogP contribution in [0, 0.1) is 0 Å². The van der Waals surface area contributed by atoms with E-state index in [-0.39, 0.29) is 0 Å². The number of unbranched alkanes of at least 4 members (excludes halogenated alkanes) is 3. The molecule has 17 heavy (non-hydrogen) atoms. The first-order valence-electron chi connectivity index (χ1n) is 6.49. The van der Waals surface area contributed by atoms with Gasteiger partial charge in [-0.25, -0.2) is 0 Å². The van der Waals surface area contributed by atoms with Crippen LogP contribution in [0.3, 0.4) is 0 Å². The van der Waals surface area contributed by atoms with E-state index in [4.69, 9.17) is 0 Å². The van der Waals surface area contributed by atoms with Gasteiger partial charge in [-0.2, -0.15) is 0 Å². The number of amidine groups is 1. The Morgan fingerprint density at radius 1 is 1.12 bits per heavy atom. The highest BCUT2D eigenvalue weighted by Crippen LogP contribution is 2.01. The van der Waals surface area contributed by atoms with Crippen molar-refractivity contribution in [1.29, 1.82) is 0 Å². The van der Waals surface area contributed by atoms with Crippen molar-refractivity contribution in [3.05, 3.63) is 0 Å². The highest BCUT2D eigenvalue weighted by atomic mass is 15.2. The second-order valence-corrected chi connectivity index (χ2v) is 4.23. The lowest BCUT2D eigenvalue weighted by atomic mass is 10.2. The number of aliphatic imine (C=N–C) groups is 2. The van der Waals surface area contributed by atoms with Gasteiger partial charge in [-0.1, -0.05) is 26.2 Å². The van der Waals surface area contributed by atoms with Crippen molar-refractivity contribution in [2.75, 3.05) is 41.3 Å². The maximum absolute atomic E-state index is 4.35. The van der Waals surface area contributed by atoms with E-state index >= 15 is 0 Å². The molecule has 0 spiro atoms. The third-order valence-electron chi connectivity index (χ3n) is 2.79. The maximum Gasteiger partial charge on any atom is 0.145 e. The average molecular weight is 240 g/mol. The van der Waals surface area contributed by atoms with Gasteiger partial charge in [-0.3, -0.25) is 9.98 Å². The van der Waals surface area contributed by atoms with Gasteiger partial charge >= 0.3 is 0 Å². The summed E-state index contributed by atoms with van der Waals surface area (Å²) < 4.78 is 0. The zero-order valence-electron chi connectivity index (χ0n) is 12.1. The van der Waals surface area contributed by atoms with Gasteiger partial charge in [0.25, 0.3) is 0 Å². The standard InChI is InChI=1S/C13H28N4/c1-6-7-8-9-10-17(5)13(16-4)12(15-3)11-14-2/h14H,6-11H2,1-5H3. The third-order valence-corrected chi connectivity index (χ3v) is 2.79. The van der Waals surface area contributed by atoms with Crippen molar-refractivity contribution >= 4 is 11.5 Å². The predicted octanol–water partition coefficient (Wildman–Crippen LogP) is 1.82. The van der Waals surface area contributed by atoms with Crippen LogP contribution in [0.2, 0.25) is 0 Å². The molecule has 0 unspecified atom stereocenters. The minimum Gasteiger partial charge on any atom is -0.358 e. The Bertz CT molecular complexity index is 246. The maximum atomic E-state index is 4.35. The molecule has 0 aliphatic rings. The van der Waals surface area contributed by atoms with Crippen LogP contribution in [0.1, 0.15) is 32.6 Å². The van der Waals surface area contributed by atoms with E-state index in [1.54, 1.807) is 0 Å². The lowest BCUT2D eigenvalue weighted by Gasteiger charge is -2.22. The first-order valence-corrected chi connectivity index (χ1v) is 6.49. The predicted molar refractivity (Wildman–Crippen MR) is 77.4 cm³/mol. The molecule has 0 aromatic carbocycles. The summed E-state index contributed by atoms with van der Waals surface area (Å²) in [5.41, 5.74) is 1.02. The molecular weight excluding hydrogens is 212 g/mol. The molecule has 0 fully saturated rings. The number of hydrogen-bond donors (Lipinski definition) is 1. The van der Waals surface area contributed by atoms with Crippen LogP contribution in [-0.4, -0.2) is 57.7 Å². The Hall–Kier alpha value is -0.900. The topological polar surface area (TPSA) is 40.0 Å². The molecule has 0 aromatic rings. The van der Waals surface area contributed by atoms with E-state index in [1.807, 2.05) is 21.1 Å². The molecule has 4 heteroatoms. The number of hydrogen-bond acceptors (Lipinski definition) is 3. The lowest BCUT2D eigenvalue weighted by molar-refractivity contribution is 0.474. The van der Waals surface area contributed by atoms with Crippen molar-refractivity contribution in [2.45, 2.75) is 32.6 Å². The number of rotatable bonds is 8. The monoisotopic (exact) mass is 240 g/mol. The summed E-state index contributed by atoms with van der Waals surface area (Å²) in [6.07, 6.45) is 5.11. The molecule has 0 atom stereocenters. The first kappa shape index (κ1) is 16.1. The normalized spacial score (nSPS) is 13.0. The van der Waals surface area contributed by atoms with Gasteiger partial charge in [-0.05, 0) is 13.5 Å². The summed E-state index contributed by atoms with van der Waals surface area (Å²) in [7, 11) is 7.68. The van der Waals surface area contributed by atoms with Crippen molar-refractivity contribution in [2.24, 2.45) is 9.98 Å². The average Bonchev–Trinajstić information content (AvgIpc) is 2.34. The highest BCUT2D eigenvalue weighted by molar-refractivity contribution is 6.42. The molecule has 0 rings (SSSR count). The van der Waals surface area contributed by atoms with Gasteiger partial charge in [-0.15, -0.1) is 0 Å². The minimum absolute atomic E-state index is 0.766. The Balaban J connectivity index is 4.25. The van der Waals surface area contributed by atoms with Crippen molar-refractivity contribution < 1.29 is 0 Å². The number of nitrogens with one attached hydrogen (secondary N) is 1.